The number of carbonyl (C=O) groups excluding carboxylic acids is 1. The van der Waals surface area contributed by atoms with E-state index in [4.69, 9.17) is 16.7 Å². The molecular weight excluding hydrogens is 366 g/mol. The zero-order valence-corrected chi connectivity index (χ0v) is 13.4. The van der Waals surface area contributed by atoms with Crippen LogP contribution in [0.2, 0.25) is 5.02 Å². The van der Waals surface area contributed by atoms with Crippen LogP contribution in [0.25, 0.3) is 0 Å². The molecule has 20 heavy (non-hydrogen) atoms. The number of aryl methyl sites for hydroxylation is 1. The number of hydrogen-bond acceptors (Lipinski definition) is 3. The smallest absolute Gasteiger partial charge is 0.337 e. The van der Waals surface area contributed by atoms with Gasteiger partial charge in [0.2, 0.25) is 0 Å². The van der Waals surface area contributed by atoms with E-state index >= 15 is 0 Å². The van der Waals surface area contributed by atoms with Crippen molar-refractivity contribution in [1.82, 2.24) is 0 Å². The summed E-state index contributed by atoms with van der Waals surface area (Å²) in [6, 6.07) is 4.61. The van der Waals surface area contributed by atoms with Crippen molar-refractivity contribution >= 4 is 56.4 Å². The van der Waals surface area contributed by atoms with Crippen LogP contribution in [0.15, 0.2) is 28.1 Å². The maximum Gasteiger partial charge on any atom is 0.337 e. The maximum absolute atomic E-state index is 12.1. The maximum atomic E-state index is 12.1. The Morgan fingerprint density at radius 3 is 2.65 bits per heavy atom. The fourth-order valence-electron chi connectivity index (χ4n) is 1.56. The van der Waals surface area contributed by atoms with Crippen molar-refractivity contribution in [1.29, 1.82) is 0 Å². The summed E-state index contributed by atoms with van der Waals surface area (Å²) in [6.45, 7) is 1.80. The summed E-state index contributed by atoms with van der Waals surface area (Å²) in [6.07, 6.45) is 0. The van der Waals surface area contributed by atoms with Crippen LogP contribution in [0, 0.1) is 6.92 Å². The predicted octanol–water partition coefficient (Wildman–Crippen LogP) is 4.42. The van der Waals surface area contributed by atoms with Gasteiger partial charge in [-0.2, -0.15) is 0 Å². The Labute approximate surface area is 132 Å². The van der Waals surface area contributed by atoms with E-state index in [1.807, 2.05) is 0 Å². The molecule has 1 heterocycles. The van der Waals surface area contributed by atoms with Crippen LogP contribution in [0.5, 0.6) is 0 Å². The second-order valence-electron chi connectivity index (χ2n) is 4.01. The third kappa shape index (κ3) is 3.03. The normalized spacial score (nSPS) is 10.3. The Bertz CT molecular complexity index is 699. The van der Waals surface area contributed by atoms with Crippen molar-refractivity contribution < 1.29 is 14.7 Å². The van der Waals surface area contributed by atoms with Gasteiger partial charge in [-0.15, -0.1) is 11.3 Å². The van der Waals surface area contributed by atoms with Gasteiger partial charge in [0.05, 0.1) is 16.3 Å². The van der Waals surface area contributed by atoms with Gasteiger partial charge in [0.15, 0.2) is 0 Å². The van der Waals surface area contributed by atoms with Gasteiger partial charge in [0.25, 0.3) is 5.91 Å². The number of carboxylic acids is 1. The molecule has 0 bridgehead atoms. The molecule has 2 aromatic rings. The van der Waals surface area contributed by atoms with Crippen molar-refractivity contribution in [3.63, 3.8) is 0 Å². The highest BCUT2D eigenvalue weighted by atomic mass is 79.9. The van der Waals surface area contributed by atoms with Crippen LogP contribution in [-0.4, -0.2) is 17.0 Å². The van der Waals surface area contributed by atoms with Gasteiger partial charge in [-0.1, -0.05) is 27.5 Å². The zero-order valence-electron chi connectivity index (χ0n) is 10.2. The largest absolute Gasteiger partial charge is 0.478 e. The first-order valence-corrected chi connectivity index (χ1v) is 7.53. The number of aromatic carboxylic acids is 1. The Morgan fingerprint density at radius 1 is 1.40 bits per heavy atom. The Morgan fingerprint density at radius 2 is 2.10 bits per heavy atom. The highest BCUT2D eigenvalue weighted by Crippen LogP contribution is 2.29. The molecule has 0 unspecified atom stereocenters. The lowest BCUT2D eigenvalue weighted by Gasteiger charge is -2.08. The zero-order chi connectivity index (χ0) is 14.9. The molecule has 0 atom stereocenters. The van der Waals surface area contributed by atoms with E-state index in [0.717, 1.165) is 5.56 Å². The Balaban J connectivity index is 2.33. The monoisotopic (exact) mass is 373 g/mol. The molecule has 7 heteroatoms. The first-order valence-electron chi connectivity index (χ1n) is 5.48. The molecule has 0 radical (unpaired) electrons. The minimum absolute atomic E-state index is 0.0112. The number of halogens is 2. The SMILES string of the molecule is Cc1csc(C(=O)Nc2ccc(Br)cc2C(=O)O)c1Cl. The third-order valence-corrected chi connectivity index (χ3v) is 4.75. The molecule has 0 saturated heterocycles. The molecule has 1 amide bonds. The van der Waals surface area contributed by atoms with Crippen LogP contribution in [0.4, 0.5) is 5.69 Å². The van der Waals surface area contributed by atoms with Crippen LogP contribution in [0.1, 0.15) is 25.6 Å². The Kier molecular flexibility index (Phi) is 4.47. The van der Waals surface area contributed by atoms with Gasteiger partial charge in [0.1, 0.15) is 4.88 Å². The van der Waals surface area contributed by atoms with Crippen molar-refractivity contribution in [2.24, 2.45) is 0 Å². The molecule has 0 spiro atoms. The van der Waals surface area contributed by atoms with Gasteiger partial charge in [-0.05, 0) is 36.1 Å². The van der Waals surface area contributed by atoms with E-state index in [1.54, 1.807) is 18.4 Å². The first-order chi connectivity index (χ1) is 9.40. The second kappa shape index (κ2) is 5.95. The molecule has 1 aromatic heterocycles. The number of nitrogens with one attached hydrogen (secondary N) is 1. The lowest BCUT2D eigenvalue weighted by Crippen LogP contribution is -2.14. The lowest BCUT2D eigenvalue weighted by atomic mass is 10.2. The molecule has 104 valence electrons. The Hall–Kier alpha value is -1.37. The minimum Gasteiger partial charge on any atom is -0.478 e. The van der Waals surface area contributed by atoms with Crippen molar-refractivity contribution in [2.75, 3.05) is 5.32 Å². The molecule has 1 aromatic carbocycles. The van der Waals surface area contributed by atoms with Crippen LogP contribution in [-0.2, 0) is 0 Å². The molecule has 0 fully saturated rings. The lowest BCUT2D eigenvalue weighted by molar-refractivity contribution is 0.0698. The summed E-state index contributed by atoms with van der Waals surface area (Å²) in [5, 5.41) is 13.9. The van der Waals surface area contributed by atoms with Crippen LogP contribution < -0.4 is 5.32 Å². The average Bonchev–Trinajstić information content (AvgIpc) is 2.72. The molecule has 0 saturated carbocycles. The highest BCUT2D eigenvalue weighted by molar-refractivity contribution is 9.10. The molecule has 0 aliphatic rings. The average molecular weight is 375 g/mol. The number of carboxylic acid groups (broad SMARTS) is 1. The first kappa shape index (κ1) is 15.0. The summed E-state index contributed by atoms with van der Waals surface area (Å²) in [4.78, 5) is 23.6. The van der Waals surface area contributed by atoms with Crippen LogP contribution in [0.3, 0.4) is 0 Å². The number of hydrogen-bond donors (Lipinski definition) is 2. The number of thiophene rings is 1. The van der Waals surface area contributed by atoms with E-state index in [0.29, 0.717) is 14.4 Å². The van der Waals surface area contributed by atoms with Gasteiger partial charge in [-0.3, -0.25) is 4.79 Å². The van der Waals surface area contributed by atoms with Crippen molar-refractivity contribution in [3.05, 3.63) is 49.1 Å². The number of anilines is 1. The highest BCUT2D eigenvalue weighted by Gasteiger charge is 2.18. The van der Waals surface area contributed by atoms with E-state index in [9.17, 15) is 9.59 Å². The van der Waals surface area contributed by atoms with Gasteiger partial charge in [-0.25, -0.2) is 4.79 Å². The number of carbonyl (C=O) groups is 2. The third-order valence-electron chi connectivity index (χ3n) is 2.57. The van der Waals surface area contributed by atoms with Gasteiger partial charge in [0, 0.05) is 4.47 Å². The van der Waals surface area contributed by atoms with E-state index in [2.05, 4.69) is 21.2 Å². The van der Waals surface area contributed by atoms with Gasteiger partial charge < -0.3 is 10.4 Å². The second-order valence-corrected chi connectivity index (χ2v) is 6.18. The topological polar surface area (TPSA) is 66.4 Å². The molecular formula is C13H9BrClNO3S. The standard InChI is InChI=1S/C13H9BrClNO3S/c1-6-5-20-11(10(6)15)12(17)16-9-3-2-7(14)4-8(9)13(18)19/h2-5H,1H3,(H,16,17)(H,18,19). The van der Waals surface area contributed by atoms with E-state index in [-0.39, 0.29) is 11.3 Å². The molecule has 2 rings (SSSR count). The minimum atomic E-state index is -1.12. The molecule has 4 nitrogen and oxygen atoms in total. The fraction of sp³-hybridized carbons (Fsp3) is 0.0769. The summed E-state index contributed by atoms with van der Waals surface area (Å²) >= 11 is 10.4. The fourth-order valence-corrected chi connectivity index (χ4v) is 3.10. The molecule has 0 aliphatic heterocycles. The number of rotatable bonds is 3. The number of benzene rings is 1. The van der Waals surface area contributed by atoms with Crippen molar-refractivity contribution in [3.8, 4) is 0 Å². The predicted molar refractivity (Wildman–Crippen MR) is 83.1 cm³/mol. The summed E-state index contributed by atoms with van der Waals surface area (Å²) < 4.78 is 0.623. The summed E-state index contributed by atoms with van der Waals surface area (Å²) in [7, 11) is 0. The molecule has 2 N–H and O–H groups in total. The summed E-state index contributed by atoms with van der Waals surface area (Å²) in [5.74, 6) is -1.53. The van der Waals surface area contributed by atoms with E-state index < -0.39 is 11.9 Å². The quantitative estimate of drug-likeness (QED) is 0.835. The van der Waals surface area contributed by atoms with Crippen LogP contribution >= 0.6 is 38.9 Å². The van der Waals surface area contributed by atoms with E-state index in [1.165, 1.54) is 23.5 Å². The molecule has 0 aliphatic carbocycles. The van der Waals surface area contributed by atoms with Gasteiger partial charge >= 0.3 is 5.97 Å². The van der Waals surface area contributed by atoms with Crippen molar-refractivity contribution in [2.45, 2.75) is 6.92 Å². The number of amides is 1. The summed E-state index contributed by atoms with van der Waals surface area (Å²) in [5.41, 5.74) is 1.06.